The van der Waals surface area contributed by atoms with Crippen LogP contribution >= 0.6 is 23.2 Å². The normalized spacial score (nSPS) is 17.1. The van der Waals surface area contributed by atoms with Gasteiger partial charge in [-0.25, -0.2) is 9.78 Å². The van der Waals surface area contributed by atoms with Crippen LogP contribution in [0, 0.1) is 5.41 Å². The first kappa shape index (κ1) is 26.7. The summed E-state index contributed by atoms with van der Waals surface area (Å²) in [4.78, 5) is 24.9. The number of nitrogens with zero attached hydrogens (tertiary/aromatic N) is 5. The summed E-state index contributed by atoms with van der Waals surface area (Å²) in [6.07, 6.45) is 6.40. The smallest absolute Gasteiger partial charge is 0.409 e. The van der Waals surface area contributed by atoms with E-state index in [0.717, 1.165) is 67.0 Å². The van der Waals surface area contributed by atoms with E-state index in [4.69, 9.17) is 37.7 Å². The summed E-state index contributed by atoms with van der Waals surface area (Å²) in [6.45, 7) is 7.55. The molecule has 4 aromatic rings. The van der Waals surface area contributed by atoms with E-state index in [2.05, 4.69) is 26.1 Å². The molecule has 11 heteroatoms. The monoisotopic (exact) mass is 580 g/mol. The van der Waals surface area contributed by atoms with Crippen molar-refractivity contribution in [2.75, 3.05) is 37.7 Å². The Kier molecular flexibility index (Phi) is 7.18. The van der Waals surface area contributed by atoms with Gasteiger partial charge < -0.3 is 19.3 Å². The fourth-order valence-electron chi connectivity index (χ4n) is 5.69. The molecule has 0 aliphatic carbocycles. The van der Waals surface area contributed by atoms with Gasteiger partial charge in [-0.1, -0.05) is 23.2 Å². The minimum atomic E-state index is -0.367. The second-order valence-corrected chi connectivity index (χ2v) is 11.3. The topological polar surface area (TPSA) is 96.5 Å². The minimum Gasteiger partial charge on any atom is -0.486 e. The number of rotatable bonds is 6. The number of aromatic nitrogens is 4. The molecule has 0 unspecified atom stereocenters. The summed E-state index contributed by atoms with van der Waals surface area (Å²) in [5.41, 5.74) is 3.57. The maximum Gasteiger partial charge on any atom is 0.409 e. The van der Waals surface area contributed by atoms with Crippen LogP contribution in [0.15, 0.2) is 48.9 Å². The maximum atomic E-state index is 12.0. The Hall–Kier alpha value is -3.56. The van der Waals surface area contributed by atoms with Crippen molar-refractivity contribution in [1.82, 2.24) is 25.1 Å². The van der Waals surface area contributed by atoms with Gasteiger partial charge in [-0.2, -0.15) is 5.10 Å². The van der Waals surface area contributed by atoms with E-state index in [0.29, 0.717) is 28.0 Å². The SMILES string of the molecule is CCOC(=O)N1CCC2(CC1)CN(c1ccc(-c3n[nH]c4ccc(O[C@H](C)c5c(Cl)cncc5Cl)cc34)cn1)C2. The van der Waals surface area contributed by atoms with E-state index in [1.165, 1.54) is 0 Å². The van der Waals surface area contributed by atoms with Gasteiger partial charge in [-0.3, -0.25) is 10.1 Å². The molecule has 2 aliphatic rings. The van der Waals surface area contributed by atoms with Crippen LogP contribution in [0.25, 0.3) is 22.2 Å². The van der Waals surface area contributed by atoms with Crippen molar-refractivity contribution in [2.45, 2.75) is 32.8 Å². The van der Waals surface area contributed by atoms with Gasteiger partial charge in [-0.15, -0.1) is 0 Å². The van der Waals surface area contributed by atoms with Gasteiger partial charge in [0.25, 0.3) is 0 Å². The van der Waals surface area contributed by atoms with E-state index >= 15 is 0 Å². The average Bonchev–Trinajstić information content (AvgIpc) is 3.35. The summed E-state index contributed by atoms with van der Waals surface area (Å²) >= 11 is 12.6. The number of halogens is 2. The van der Waals surface area contributed by atoms with Crippen LogP contribution in [0.5, 0.6) is 5.75 Å². The number of ether oxygens (including phenoxy) is 2. The number of anilines is 1. The molecular weight excluding hydrogens is 551 g/mol. The third-order valence-electron chi connectivity index (χ3n) is 7.89. The highest BCUT2D eigenvalue weighted by Gasteiger charge is 2.46. The van der Waals surface area contributed by atoms with Crippen LogP contribution in [0.1, 0.15) is 38.4 Å². The number of hydrogen-bond acceptors (Lipinski definition) is 7. The van der Waals surface area contributed by atoms with Gasteiger partial charge in [0.2, 0.25) is 0 Å². The molecule has 5 heterocycles. The van der Waals surface area contributed by atoms with E-state index in [1.54, 1.807) is 12.4 Å². The maximum absolute atomic E-state index is 12.0. The summed E-state index contributed by atoms with van der Waals surface area (Å²) in [6, 6.07) is 9.90. The second-order valence-electron chi connectivity index (χ2n) is 10.5. The fraction of sp³-hybridized carbons (Fsp3) is 0.379. The highest BCUT2D eigenvalue weighted by Crippen LogP contribution is 2.42. The van der Waals surface area contributed by atoms with Gasteiger partial charge in [-0.05, 0) is 57.0 Å². The molecule has 1 aromatic carbocycles. The van der Waals surface area contributed by atoms with Crippen molar-refractivity contribution in [3.63, 3.8) is 0 Å². The van der Waals surface area contributed by atoms with Crippen molar-refractivity contribution >= 4 is 46.0 Å². The van der Waals surface area contributed by atoms with Gasteiger partial charge >= 0.3 is 6.09 Å². The standard InChI is InChI=1S/C29H30Cl2N6O3/c1-3-39-28(38)36-10-8-29(9-11-36)16-37(17-29)25-7-4-19(13-33-25)27-21-12-20(5-6-24(21)34-35-27)40-18(2)26-22(30)14-32-15-23(26)31/h4-7,12-15,18H,3,8-11,16-17H2,1-2H3,(H,34,35)/t18-/m1/s1. The Bertz CT molecular complexity index is 1510. The zero-order chi connectivity index (χ0) is 27.9. The highest BCUT2D eigenvalue weighted by atomic mass is 35.5. The zero-order valence-electron chi connectivity index (χ0n) is 22.4. The lowest BCUT2D eigenvalue weighted by Crippen LogP contribution is -2.61. The predicted octanol–water partition coefficient (Wildman–Crippen LogP) is 6.53. The number of nitrogens with one attached hydrogen (secondary N) is 1. The molecule has 6 rings (SSSR count). The molecule has 1 amide bonds. The van der Waals surface area contributed by atoms with Crippen LogP contribution < -0.4 is 9.64 Å². The average molecular weight is 582 g/mol. The molecule has 1 spiro atoms. The third-order valence-corrected chi connectivity index (χ3v) is 8.49. The van der Waals surface area contributed by atoms with Gasteiger partial charge in [0.05, 0.1) is 22.2 Å². The van der Waals surface area contributed by atoms with Crippen molar-refractivity contribution in [2.24, 2.45) is 5.41 Å². The number of fused-ring (bicyclic) bond motifs is 1. The van der Waals surface area contributed by atoms with Crippen LogP contribution in [-0.4, -0.2) is 63.9 Å². The molecule has 40 heavy (non-hydrogen) atoms. The molecular formula is C29H30Cl2N6O3. The van der Waals surface area contributed by atoms with Gasteiger partial charge in [0.1, 0.15) is 23.4 Å². The van der Waals surface area contributed by atoms with E-state index in [9.17, 15) is 4.79 Å². The Morgan fingerprint density at radius 2 is 1.85 bits per heavy atom. The lowest BCUT2D eigenvalue weighted by molar-refractivity contribution is 0.0550. The number of carbonyl (C=O) groups excluding carboxylic acids is 1. The van der Waals surface area contributed by atoms with Gasteiger partial charge in [0.15, 0.2) is 0 Å². The molecule has 0 radical (unpaired) electrons. The van der Waals surface area contributed by atoms with E-state index in [-0.39, 0.29) is 17.6 Å². The number of piperidine rings is 1. The number of hydrogen-bond donors (Lipinski definition) is 1. The number of pyridine rings is 2. The number of likely N-dealkylation sites (tertiary alicyclic amines) is 1. The predicted molar refractivity (Wildman–Crippen MR) is 155 cm³/mol. The third kappa shape index (κ3) is 5.04. The van der Waals surface area contributed by atoms with E-state index in [1.807, 2.05) is 49.2 Å². The fourth-order valence-corrected chi connectivity index (χ4v) is 6.36. The number of amides is 1. The first-order valence-electron chi connectivity index (χ1n) is 13.4. The summed E-state index contributed by atoms with van der Waals surface area (Å²) < 4.78 is 11.4. The molecule has 0 saturated carbocycles. The largest absolute Gasteiger partial charge is 0.486 e. The first-order chi connectivity index (χ1) is 19.4. The highest BCUT2D eigenvalue weighted by molar-refractivity contribution is 6.35. The number of benzene rings is 1. The van der Waals surface area contributed by atoms with Crippen LogP contribution in [0.3, 0.4) is 0 Å². The van der Waals surface area contributed by atoms with E-state index < -0.39 is 0 Å². The van der Waals surface area contributed by atoms with Crippen molar-refractivity contribution in [3.05, 3.63) is 64.5 Å². The van der Waals surface area contributed by atoms with Crippen LogP contribution in [-0.2, 0) is 4.74 Å². The Morgan fingerprint density at radius 3 is 2.52 bits per heavy atom. The molecule has 1 atom stereocenters. The zero-order valence-corrected chi connectivity index (χ0v) is 23.9. The lowest BCUT2D eigenvalue weighted by atomic mass is 9.72. The molecule has 2 aliphatic heterocycles. The number of aromatic amines is 1. The Balaban J connectivity index is 1.13. The molecule has 1 N–H and O–H groups in total. The minimum absolute atomic E-state index is 0.201. The summed E-state index contributed by atoms with van der Waals surface area (Å²) in [5, 5.41) is 9.52. The molecule has 3 aromatic heterocycles. The molecule has 208 valence electrons. The molecule has 2 fully saturated rings. The number of H-pyrrole nitrogens is 1. The molecule has 9 nitrogen and oxygen atoms in total. The Labute approximate surface area is 242 Å². The van der Waals surface area contributed by atoms with Crippen molar-refractivity contribution in [1.29, 1.82) is 0 Å². The second kappa shape index (κ2) is 10.8. The number of carbonyl (C=O) groups is 1. The van der Waals surface area contributed by atoms with Gasteiger partial charge in [0, 0.05) is 66.7 Å². The van der Waals surface area contributed by atoms with Crippen LogP contribution in [0.4, 0.5) is 10.6 Å². The molecule has 0 bridgehead atoms. The quantitative estimate of drug-likeness (QED) is 0.277. The Morgan fingerprint density at radius 1 is 1.10 bits per heavy atom. The van der Waals surface area contributed by atoms with Crippen molar-refractivity contribution < 1.29 is 14.3 Å². The lowest BCUT2D eigenvalue weighted by Gasteiger charge is -2.54. The molecule has 2 saturated heterocycles. The van der Waals surface area contributed by atoms with Crippen LogP contribution in [0.2, 0.25) is 10.0 Å². The summed E-state index contributed by atoms with van der Waals surface area (Å²) in [7, 11) is 0. The van der Waals surface area contributed by atoms with Crippen molar-refractivity contribution in [3.8, 4) is 17.0 Å². The first-order valence-corrected chi connectivity index (χ1v) is 14.2. The summed E-state index contributed by atoms with van der Waals surface area (Å²) in [5.74, 6) is 1.63.